The number of methoxy groups -OCH3 is 1. The lowest BCUT2D eigenvalue weighted by atomic mass is 9.88. The van der Waals surface area contributed by atoms with Crippen LogP contribution in [0.1, 0.15) is 40.2 Å². The second kappa shape index (κ2) is 7.66. The number of likely N-dealkylation sites (tertiary alicyclic amines) is 1. The highest BCUT2D eigenvalue weighted by atomic mass is 16.5. The molecule has 1 aliphatic carbocycles. The van der Waals surface area contributed by atoms with Crippen LogP contribution in [0.15, 0.2) is 48.5 Å². The summed E-state index contributed by atoms with van der Waals surface area (Å²) >= 11 is 0. The van der Waals surface area contributed by atoms with E-state index in [9.17, 15) is 9.59 Å². The van der Waals surface area contributed by atoms with E-state index in [1.807, 2.05) is 60.4 Å². The molecule has 2 aromatic carbocycles. The number of hydrogen-bond acceptors (Lipinski definition) is 3. The summed E-state index contributed by atoms with van der Waals surface area (Å²) in [5, 5.41) is 3.13. The number of nitrogens with zero attached hydrogens (tertiary/aromatic N) is 1. The number of amides is 2. The normalized spacial score (nSPS) is 21.4. The smallest absolute Gasteiger partial charge is 0.254 e. The molecule has 5 nitrogen and oxygen atoms in total. The van der Waals surface area contributed by atoms with E-state index in [-0.39, 0.29) is 23.7 Å². The van der Waals surface area contributed by atoms with Crippen LogP contribution in [0.4, 0.5) is 0 Å². The van der Waals surface area contributed by atoms with Crippen molar-refractivity contribution in [1.82, 2.24) is 10.2 Å². The monoisotopic (exact) mass is 378 g/mol. The van der Waals surface area contributed by atoms with Crippen LogP contribution < -0.4 is 10.1 Å². The Labute approximate surface area is 165 Å². The molecule has 0 aromatic heterocycles. The van der Waals surface area contributed by atoms with Crippen LogP contribution in [-0.4, -0.2) is 43.0 Å². The lowest BCUT2D eigenvalue weighted by molar-refractivity contribution is -0.125. The lowest BCUT2D eigenvalue weighted by Crippen LogP contribution is -2.36. The van der Waals surface area contributed by atoms with Crippen LogP contribution in [0.2, 0.25) is 0 Å². The van der Waals surface area contributed by atoms with Gasteiger partial charge in [-0.2, -0.15) is 0 Å². The fourth-order valence-corrected chi connectivity index (χ4v) is 3.94. The van der Waals surface area contributed by atoms with Gasteiger partial charge in [0.05, 0.1) is 13.0 Å². The van der Waals surface area contributed by atoms with Gasteiger partial charge in [-0.3, -0.25) is 9.59 Å². The van der Waals surface area contributed by atoms with Gasteiger partial charge in [0.25, 0.3) is 5.91 Å². The summed E-state index contributed by atoms with van der Waals surface area (Å²) in [5.74, 6) is 0.592. The first-order chi connectivity index (χ1) is 13.6. The molecular weight excluding hydrogens is 352 g/mol. The standard InChI is InChI=1S/C23H26N2O3/c1-15-5-3-4-6-19(15)23(27)25-13-20(16-7-11-18(28-2)12-8-16)21(14-25)22(26)24-17-9-10-17/h3-8,11-12,17,20-21H,9-10,13-14H2,1-2H3,(H,24,26). The number of aryl methyl sites for hydroxylation is 1. The zero-order valence-corrected chi connectivity index (χ0v) is 16.4. The molecular formula is C23H26N2O3. The first-order valence-corrected chi connectivity index (χ1v) is 9.86. The summed E-state index contributed by atoms with van der Waals surface area (Å²) in [4.78, 5) is 27.9. The summed E-state index contributed by atoms with van der Waals surface area (Å²) < 4.78 is 5.25. The molecule has 146 valence electrons. The number of ether oxygens (including phenoxy) is 1. The third-order valence-corrected chi connectivity index (χ3v) is 5.79. The Bertz CT molecular complexity index is 874. The van der Waals surface area contributed by atoms with Gasteiger partial charge in [-0.05, 0) is 49.1 Å². The van der Waals surface area contributed by atoms with Crippen molar-refractivity contribution in [2.45, 2.75) is 31.7 Å². The molecule has 28 heavy (non-hydrogen) atoms. The quantitative estimate of drug-likeness (QED) is 0.870. The van der Waals surface area contributed by atoms with Crippen LogP contribution in [0, 0.1) is 12.8 Å². The summed E-state index contributed by atoms with van der Waals surface area (Å²) in [6.45, 7) is 2.94. The molecule has 2 atom stereocenters. The third-order valence-electron chi connectivity index (χ3n) is 5.79. The summed E-state index contributed by atoms with van der Waals surface area (Å²) in [6.07, 6.45) is 2.11. The SMILES string of the molecule is COc1ccc(C2CN(C(=O)c3ccccc3C)CC2C(=O)NC2CC2)cc1. The average Bonchev–Trinajstić information content (AvgIpc) is 3.41. The second-order valence-electron chi connectivity index (χ2n) is 7.79. The molecule has 1 N–H and O–H groups in total. The molecule has 1 heterocycles. The molecule has 0 bridgehead atoms. The molecule has 2 fully saturated rings. The van der Waals surface area contributed by atoms with Gasteiger partial charge in [0.2, 0.25) is 5.91 Å². The Morgan fingerprint density at radius 1 is 1.04 bits per heavy atom. The molecule has 0 spiro atoms. The Morgan fingerprint density at radius 2 is 1.75 bits per heavy atom. The fraction of sp³-hybridized carbons (Fsp3) is 0.391. The molecule has 2 unspecified atom stereocenters. The number of carbonyl (C=O) groups excluding carboxylic acids is 2. The Morgan fingerprint density at radius 3 is 2.39 bits per heavy atom. The van der Waals surface area contributed by atoms with Crippen LogP contribution >= 0.6 is 0 Å². The van der Waals surface area contributed by atoms with E-state index in [1.165, 1.54) is 0 Å². The van der Waals surface area contributed by atoms with Gasteiger partial charge in [-0.1, -0.05) is 30.3 Å². The van der Waals surface area contributed by atoms with Gasteiger partial charge in [0, 0.05) is 30.6 Å². The van der Waals surface area contributed by atoms with E-state index >= 15 is 0 Å². The number of rotatable bonds is 5. The zero-order chi connectivity index (χ0) is 19.7. The molecule has 1 saturated heterocycles. The van der Waals surface area contributed by atoms with E-state index in [0.717, 1.165) is 29.7 Å². The summed E-state index contributed by atoms with van der Waals surface area (Å²) in [5.41, 5.74) is 2.73. The van der Waals surface area contributed by atoms with Crippen LogP contribution in [0.3, 0.4) is 0 Å². The van der Waals surface area contributed by atoms with Crippen molar-refractivity contribution in [2.75, 3.05) is 20.2 Å². The molecule has 4 rings (SSSR count). The maximum Gasteiger partial charge on any atom is 0.254 e. The van der Waals surface area contributed by atoms with Gasteiger partial charge in [-0.15, -0.1) is 0 Å². The maximum atomic E-state index is 13.1. The summed E-state index contributed by atoms with van der Waals surface area (Å²) in [6, 6.07) is 15.8. The van der Waals surface area contributed by atoms with E-state index in [0.29, 0.717) is 24.7 Å². The van der Waals surface area contributed by atoms with Crippen molar-refractivity contribution in [2.24, 2.45) is 5.92 Å². The Balaban J connectivity index is 1.59. The number of nitrogens with one attached hydrogen (secondary N) is 1. The van der Waals surface area contributed by atoms with Crippen LogP contribution in [-0.2, 0) is 4.79 Å². The van der Waals surface area contributed by atoms with Crippen molar-refractivity contribution >= 4 is 11.8 Å². The topological polar surface area (TPSA) is 58.6 Å². The van der Waals surface area contributed by atoms with Crippen LogP contribution in [0.25, 0.3) is 0 Å². The minimum atomic E-state index is -0.234. The van der Waals surface area contributed by atoms with Crippen molar-refractivity contribution in [1.29, 1.82) is 0 Å². The largest absolute Gasteiger partial charge is 0.497 e. The molecule has 5 heteroatoms. The predicted molar refractivity (Wildman–Crippen MR) is 107 cm³/mol. The molecule has 1 aliphatic heterocycles. The van der Waals surface area contributed by atoms with Crippen molar-refractivity contribution in [3.05, 3.63) is 65.2 Å². The van der Waals surface area contributed by atoms with Gasteiger partial charge in [-0.25, -0.2) is 0 Å². The molecule has 0 radical (unpaired) electrons. The number of benzene rings is 2. The zero-order valence-electron chi connectivity index (χ0n) is 16.4. The highest BCUT2D eigenvalue weighted by Gasteiger charge is 2.42. The Kier molecular flexibility index (Phi) is 5.07. The average molecular weight is 378 g/mol. The first kappa shape index (κ1) is 18.5. The Hall–Kier alpha value is -2.82. The van der Waals surface area contributed by atoms with Crippen molar-refractivity contribution in [3.8, 4) is 5.75 Å². The first-order valence-electron chi connectivity index (χ1n) is 9.86. The van der Waals surface area contributed by atoms with E-state index in [2.05, 4.69) is 5.32 Å². The maximum absolute atomic E-state index is 13.1. The van der Waals surface area contributed by atoms with Crippen molar-refractivity contribution < 1.29 is 14.3 Å². The van der Waals surface area contributed by atoms with Gasteiger partial charge in [0.15, 0.2) is 0 Å². The van der Waals surface area contributed by atoms with Gasteiger partial charge >= 0.3 is 0 Å². The van der Waals surface area contributed by atoms with E-state index < -0.39 is 0 Å². The summed E-state index contributed by atoms with van der Waals surface area (Å²) in [7, 11) is 1.64. The van der Waals surface area contributed by atoms with Gasteiger partial charge < -0.3 is 15.0 Å². The molecule has 2 aromatic rings. The number of hydrogen-bond donors (Lipinski definition) is 1. The van der Waals surface area contributed by atoms with Crippen molar-refractivity contribution in [3.63, 3.8) is 0 Å². The van der Waals surface area contributed by atoms with Gasteiger partial charge in [0.1, 0.15) is 5.75 Å². The second-order valence-corrected chi connectivity index (χ2v) is 7.79. The lowest BCUT2D eigenvalue weighted by Gasteiger charge is -2.18. The minimum absolute atomic E-state index is 0.00154. The third kappa shape index (κ3) is 3.75. The highest BCUT2D eigenvalue weighted by Crippen LogP contribution is 2.35. The highest BCUT2D eigenvalue weighted by molar-refractivity contribution is 5.96. The van der Waals surface area contributed by atoms with E-state index in [4.69, 9.17) is 4.74 Å². The molecule has 2 amide bonds. The van der Waals surface area contributed by atoms with Crippen LogP contribution in [0.5, 0.6) is 5.75 Å². The molecule has 2 aliphatic rings. The van der Waals surface area contributed by atoms with E-state index in [1.54, 1.807) is 7.11 Å². The number of carbonyl (C=O) groups is 2. The molecule has 1 saturated carbocycles. The predicted octanol–water partition coefficient (Wildman–Crippen LogP) is 3.14. The fourth-order valence-electron chi connectivity index (χ4n) is 3.94. The minimum Gasteiger partial charge on any atom is -0.497 e.